The number of nitrogens with zero attached hydrogens (tertiary/aromatic N) is 2. The average Bonchev–Trinajstić information content (AvgIpc) is 3.05. The lowest BCUT2D eigenvalue weighted by molar-refractivity contribution is 0.590. The van der Waals surface area contributed by atoms with Gasteiger partial charge in [-0.25, -0.2) is 4.98 Å². The summed E-state index contributed by atoms with van der Waals surface area (Å²) in [7, 11) is 0. The molecular formula is C26H29N3. The van der Waals surface area contributed by atoms with Gasteiger partial charge in [0.25, 0.3) is 0 Å². The molecule has 0 bridgehead atoms. The largest absolute Gasteiger partial charge is 0.365 e. The van der Waals surface area contributed by atoms with E-state index in [0.717, 1.165) is 29.3 Å². The summed E-state index contributed by atoms with van der Waals surface area (Å²) in [5, 5.41) is 3.66. The van der Waals surface area contributed by atoms with Gasteiger partial charge in [0.2, 0.25) is 0 Å². The van der Waals surface area contributed by atoms with Crippen LogP contribution in [-0.2, 0) is 12.0 Å². The van der Waals surface area contributed by atoms with Crippen molar-refractivity contribution in [3.05, 3.63) is 89.1 Å². The zero-order chi connectivity index (χ0) is 20.6. The molecule has 3 nitrogen and oxygen atoms in total. The number of aromatic nitrogens is 2. The Bertz CT molecular complexity index is 1130. The van der Waals surface area contributed by atoms with Crippen LogP contribution in [0, 0.1) is 13.8 Å². The zero-order valence-electron chi connectivity index (χ0n) is 18.0. The molecule has 0 fully saturated rings. The van der Waals surface area contributed by atoms with Gasteiger partial charge >= 0.3 is 0 Å². The topological polar surface area (TPSA) is 29.3 Å². The Morgan fingerprint density at radius 1 is 0.897 bits per heavy atom. The van der Waals surface area contributed by atoms with Crippen molar-refractivity contribution in [3.63, 3.8) is 0 Å². The van der Waals surface area contributed by atoms with Crippen LogP contribution in [0.5, 0.6) is 0 Å². The fraction of sp³-hybridized carbons (Fsp3) is 0.269. The molecule has 0 spiro atoms. The predicted molar refractivity (Wildman–Crippen MR) is 123 cm³/mol. The monoisotopic (exact) mass is 383 g/mol. The van der Waals surface area contributed by atoms with E-state index in [1.54, 1.807) is 0 Å². The van der Waals surface area contributed by atoms with Gasteiger partial charge in [0.15, 0.2) is 0 Å². The molecule has 4 aromatic rings. The van der Waals surface area contributed by atoms with Crippen molar-refractivity contribution in [2.24, 2.45) is 0 Å². The first-order chi connectivity index (χ1) is 13.8. The predicted octanol–water partition coefficient (Wildman–Crippen LogP) is 6.53. The second-order valence-electron chi connectivity index (χ2n) is 8.84. The van der Waals surface area contributed by atoms with E-state index in [2.05, 4.69) is 105 Å². The van der Waals surface area contributed by atoms with Gasteiger partial charge < -0.3 is 5.32 Å². The number of rotatable bonds is 4. The van der Waals surface area contributed by atoms with Gasteiger partial charge in [0, 0.05) is 17.8 Å². The molecular weight excluding hydrogens is 354 g/mol. The Hall–Kier alpha value is -3.07. The van der Waals surface area contributed by atoms with E-state index in [1.807, 2.05) is 6.07 Å². The lowest BCUT2D eigenvalue weighted by Gasteiger charge is -2.19. The van der Waals surface area contributed by atoms with Gasteiger partial charge in [0.1, 0.15) is 17.2 Å². The molecule has 0 atom stereocenters. The van der Waals surface area contributed by atoms with Crippen LogP contribution >= 0.6 is 0 Å². The second kappa shape index (κ2) is 7.40. The molecule has 3 heteroatoms. The van der Waals surface area contributed by atoms with E-state index >= 15 is 0 Å². The number of hydrogen-bond donors (Lipinski definition) is 1. The third-order valence-corrected chi connectivity index (χ3v) is 5.38. The fourth-order valence-electron chi connectivity index (χ4n) is 3.80. The highest BCUT2D eigenvalue weighted by molar-refractivity contribution is 5.77. The Kier molecular flexibility index (Phi) is 4.91. The summed E-state index contributed by atoms with van der Waals surface area (Å²) in [5.74, 6) is 1.05. The minimum Gasteiger partial charge on any atom is -0.365 e. The normalized spacial score (nSPS) is 11.8. The number of anilines is 1. The maximum atomic E-state index is 5.01. The number of imidazole rings is 1. The van der Waals surface area contributed by atoms with E-state index in [-0.39, 0.29) is 5.41 Å². The Balaban J connectivity index is 1.81. The van der Waals surface area contributed by atoms with Gasteiger partial charge in [0.05, 0.1) is 0 Å². The Labute approximate surface area is 173 Å². The van der Waals surface area contributed by atoms with Crippen LogP contribution in [-0.4, -0.2) is 9.38 Å². The van der Waals surface area contributed by atoms with Crippen molar-refractivity contribution in [1.29, 1.82) is 0 Å². The third-order valence-electron chi connectivity index (χ3n) is 5.38. The van der Waals surface area contributed by atoms with E-state index < -0.39 is 0 Å². The molecule has 0 aliphatic carbocycles. The van der Waals surface area contributed by atoms with E-state index in [4.69, 9.17) is 4.98 Å². The molecule has 0 aliphatic rings. The first-order valence-corrected chi connectivity index (χ1v) is 10.2. The molecule has 0 unspecified atom stereocenters. The van der Waals surface area contributed by atoms with E-state index in [9.17, 15) is 0 Å². The summed E-state index contributed by atoms with van der Waals surface area (Å²) >= 11 is 0. The van der Waals surface area contributed by atoms with E-state index in [1.165, 1.54) is 22.4 Å². The van der Waals surface area contributed by atoms with Gasteiger partial charge in [-0.3, -0.25) is 4.40 Å². The summed E-state index contributed by atoms with van der Waals surface area (Å²) in [6.45, 7) is 11.7. The van der Waals surface area contributed by atoms with Crippen LogP contribution in [0.15, 0.2) is 66.7 Å². The summed E-state index contributed by atoms with van der Waals surface area (Å²) in [6, 6.07) is 23.7. The van der Waals surface area contributed by atoms with Crippen LogP contribution < -0.4 is 5.32 Å². The molecule has 2 aromatic carbocycles. The van der Waals surface area contributed by atoms with Crippen LogP contribution in [0.4, 0.5) is 5.82 Å². The van der Waals surface area contributed by atoms with Crippen LogP contribution in [0.1, 0.15) is 43.2 Å². The van der Waals surface area contributed by atoms with Gasteiger partial charge in [-0.2, -0.15) is 0 Å². The van der Waals surface area contributed by atoms with Crippen molar-refractivity contribution >= 4 is 11.5 Å². The first kappa shape index (κ1) is 19.3. The minimum atomic E-state index is 0.138. The van der Waals surface area contributed by atoms with Crippen molar-refractivity contribution in [2.45, 2.75) is 46.6 Å². The molecule has 0 radical (unpaired) electrons. The smallest absolute Gasteiger partial charge is 0.139 e. The second-order valence-corrected chi connectivity index (χ2v) is 8.84. The standard InChI is InChI=1S/C26H29N3/c1-18-15-19(2)29-23(16-18)28-24(21-11-13-22(14-12-21)26(3,4)5)25(29)27-17-20-9-7-6-8-10-20/h6-16,27H,17H2,1-5H3. The van der Waals surface area contributed by atoms with Crippen molar-refractivity contribution in [1.82, 2.24) is 9.38 Å². The highest BCUT2D eigenvalue weighted by Crippen LogP contribution is 2.32. The maximum Gasteiger partial charge on any atom is 0.139 e. The molecule has 4 rings (SSSR count). The summed E-state index contributed by atoms with van der Waals surface area (Å²) in [4.78, 5) is 5.01. The minimum absolute atomic E-state index is 0.138. The van der Waals surface area contributed by atoms with Gasteiger partial charge in [-0.1, -0.05) is 75.4 Å². The first-order valence-electron chi connectivity index (χ1n) is 10.2. The molecule has 0 saturated heterocycles. The maximum absolute atomic E-state index is 5.01. The molecule has 0 aliphatic heterocycles. The number of aryl methyl sites for hydroxylation is 2. The molecule has 0 amide bonds. The Morgan fingerprint density at radius 3 is 2.24 bits per heavy atom. The van der Waals surface area contributed by atoms with Crippen LogP contribution in [0.3, 0.4) is 0 Å². The molecule has 0 saturated carbocycles. The highest BCUT2D eigenvalue weighted by Gasteiger charge is 2.18. The van der Waals surface area contributed by atoms with Crippen LogP contribution in [0.25, 0.3) is 16.9 Å². The number of pyridine rings is 1. The molecule has 29 heavy (non-hydrogen) atoms. The van der Waals surface area contributed by atoms with Crippen molar-refractivity contribution < 1.29 is 0 Å². The fourth-order valence-corrected chi connectivity index (χ4v) is 3.80. The quantitative estimate of drug-likeness (QED) is 0.434. The van der Waals surface area contributed by atoms with Crippen molar-refractivity contribution in [3.8, 4) is 11.3 Å². The van der Waals surface area contributed by atoms with Gasteiger partial charge in [-0.15, -0.1) is 0 Å². The van der Waals surface area contributed by atoms with Crippen molar-refractivity contribution in [2.75, 3.05) is 5.32 Å². The molecule has 2 aromatic heterocycles. The lowest BCUT2D eigenvalue weighted by atomic mass is 9.86. The number of hydrogen-bond acceptors (Lipinski definition) is 2. The van der Waals surface area contributed by atoms with E-state index in [0.29, 0.717) is 0 Å². The number of fused-ring (bicyclic) bond motifs is 1. The molecule has 1 N–H and O–H groups in total. The van der Waals surface area contributed by atoms with Gasteiger partial charge in [-0.05, 0) is 48.1 Å². The summed E-state index contributed by atoms with van der Waals surface area (Å²) in [6.07, 6.45) is 0. The SMILES string of the molecule is Cc1cc(C)n2c(NCc3ccccc3)c(-c3ccc(C(C)(C)C)cc3)nc2c1. The highest BCUT2D eigenvalue weighted by atomic mass is 15.1. The molecule has 148 valence electrons. The third kappa shape index (κ3) is 3.91. The zero-order valence-corrected chi connectivity index (χ0v) is 18.0. The average molecular weight is 384 g/mol. The van der Waals surface area contributed by atoms with Crippen LogP contribution in [0.2, 0.25) is 0 Å². The lowest BCUT2D eigenvalue weighted by Crippen LogP contribution is -2.10. The summed E-state index contributed by atoms with van der Waals surface area (Å²) in [5.41, 5.74) is 8.24. The number of nitrogens with one attached hydrogen (secondary N) is 1. The Morgan fingerprint density at radius 2 is 1.59 bits per heavy atom. The molecule has 2 heterocycles. The summed E-state index contributed by atoms with van der Waals surface area (Å²) < 4.78 is 2.23. The number of benzene rings is 2.